The fourth-order valence-electron chi connectivity index (χ4n) is 8.07. The lowest BCUT2D eigenvalue weighted by Crippen LogP contribution is -2.66. The molecule has 0 radical (unpaired) electrons. The fourth-order valence-corrected chi connectivity index (χ4v) is 8.07. The molecule has 258 valence electrons. The summed E-state index contributed by atoms with van der Waals surface area (Å²) in [6.45, 7) is 0.735. The quantitative estimate of drug-likeness (QED) is 0.380. The number of nitrogen functional groups attached to an aromatic ring is 1. The Balaban J connectivity index is 1.34. The third-order valence-electron chi connectivity index (χ3n) is 10.3. The van der Waals surface area contributed by atoms with Gasteiger partial charge < -0.3 is 25.4 Å². The number of halogens is 9. The number of likely N-dealkylation sites (tertiary alicyclic amines) is 1. The smallest absolute Gasteiger partial charge is 0.427 e. The average molecular weight is 691 g/mol. The monoisotopic (exact) mass is 690 g/mol. The summed E-state index contributed by atoms with van der Waals surface area (Å²) in [6, 6.07) is -3.06. The van der Waals surface area contributed by atoms with Gasteiger partial charge in [0.15, 0.2) is 5.82 Å². The largest absolute Gasteiger partial charge is 0.462 e. The van der Waals surface area contributed by atoms with E-state index in [0.717, 1.165) is 6.92 Å². The molecule has 19 heteroatoms. The third kappa shape index (κ3) is 4.48. The number of hydrogen-bond donors (Lipinski definition) is 2. The number of pyridine rings is 2. The molecule has 0 amide bonds. The van der Waals surface area contributed by atoms with E-state index in [4.69, 9.17) is 15.2 Å². The van der Waals surface area contributed by atoms with Crippen LogP contribution in [0, 0.1) is 18.2 Å². The van der Waals surface area contributed by atoms with E-state index < -0.39 is 105 Å². The van der Waals surface area contributed by atoms with Crippen molar-refractivity contribution in [2.24, 2.45) is 5.41 Å². The zero-order valence-corrected chi connectivity index (χ0v) is 25.2. The van der Waals surface area contributed by atoms with Crippen LogP contribution in [-0.2, 0) is 6.18 Å². The lowest BCUT2D eigenvalue weighted by molar-refractivity contribution is -0.203. The van der Waals surface area contributed by atoms with E-state index in [1.54, 1.807) is 11.9 Å². The van der Waals surface area contributed by atoms with Gasteiger partial charge in [-0.1, -0.05) is 0 Å². The normalized spacial score (nSPS) is 30.6. The molecule has 3 aromatic rings. The standard InChI is InChI=1S/C29H27F9N8O2/c1-10-17(28(33,34)35)12(5-15(39)40-10)19-18(30)20-16-23(44-25(43-20)47-7-14-26(9-45(14)2)8-27(26,31)32)46-6-11-3-4-13(41-11)21(46)22(29(36,37)38)48-24(16)42-19/h5,11,13-14,21-22,41H,3-4,6-9H2,1-2H3,(H2,39,40)/t11-,13+,14+,21+,22?,26-/m1/s1. The van der Waals surface area contributed by atoms with E-state index in [1.165, 1.54) is 4.90 Å². The predicted molar refractivity (Wildman–Crippen MR) is 150 cm³/mol. The summed E-state index contributed by atoms with van der Waals surface area (Å²) >= 11 is 0. The number of rotatable bonds is 4. The molecule has 3 aromatic heterocycles. The molecule has 7 heterocycles. The van der Waals surface area contributed by atoms with E-state index in [0.29, 0.717) is 18.9 Å². The molecule has 1 saturated carbocycles. The van der Waals surface area contributed by atoms with E-state index in [1.807, 2.05) is 0 Å². The second-order valence-corrected chi connectivity index (χ2v) is 13.2. The highest BCUT2D eigenvalue weighted by Gasteiger charge is 2.79. The van der Waals surface area contributed by atoms with Crippen molar-refractivity contribution in [3.8, 4) is 23.1 Å². The van der Waals surface area contributed by atoms with Crippen LogP contribution in [0.2, 0.25) is 0 Å². The molecule has 48 heavy (non-hydrogen) atoms. The Morgan fingerprint density at radius 2 is 1.83 bits per heavy atom. The highest BCUT2D eigenvalue weighted by molar-refractivity contribution is 5.97. The number of alkyl halides is 8. The van der Waals surface area contributed by atoms with Crippen molar-refractivity contribution in [1.29, 1.82) is 0 Å². The number of anilines is 2. The molecule has 5 aliphatic rings. The minimum Gasteiger partial charge on any atom is -0.462 e. The Kier molecular flexibility index (Phi) is 6.45. The van der Waals surface area contributed by atoms with Gasteiger partial charge in [-0.05, 0) is 32.9 Å². The van der Waals surface area contributed by atoms with Crippen LogP contribution in [0.25, 0.3) is 22.2 Å². The van der Waals surface area contributed by atoms with Crippen LogP contribution in [0.1, 0.15) is 30.5 Å². The van der Waals surface area contributed by atoms with Gasteiger partial charge >= 0.3 is 18.4 Å². The molecule has 1 unspecified atom stereocenters. The predicted octanol–water partition coefficient (Wildman–Crippen LogP) is 4.49. The maximum absolute atomic E-state index is 16.7. The zero-order valence-electron chi connectivity index (χ0n) is 25.2. The Labute approximate surface area is 265 Å². The molecule has 1 aliphatic carbocycles. The second-order valence-electron chi connectivity index (χ2n) is 13.2. The van der Waals surface area contributed by atoms with E-state index in [2.05, 4.69) is 25.3 Å². The number of nitrogens with two attached hydrogens (primary N) is 1. The van der Waals surface area contributed by atoms with Crippen molar-refractivity contribution >= 4 is 22.5 Å². The van der Waals surface area contributed by atoms with Gasteiger partial charge in [-0.25, -0.2) is 23.1 Å². The molecule has 4 fully saturated rings. The number of aryl methyl sites for hydroxylation is 1. The number of fused-ring (bicyclic) bond motifs is 5. The number of ether oxygens (including phenoxy) is 2. The molecule has 8 rings (SSSR count). The first-order chi connectivity index (χ1) is 22.4. The lowest BCUT2D eigenvalue weighted by Gasteiger charge is -2.46. The van der Waals surface area contributed by atoms with Gasteiger partial charge in [0.2, 0.25) is 12.0 Å². The van der Waals surface area contributed by atoms with E-state index in [-0.39, 0.29) is 38.0 Å². The van der Waals surface area contributed by atoms with Crippen LogP contribution in [0.15, 0.2) is 6.07 Å². The molecule has 1 spiro atoms. The minimum atomic E-state index is -5.10. The van der Waals surface area contributed by atoms with Crippen molar-refractivity contribution in [2.75, 3.05) is 37.4 Å². The number of nitrogens with one attached hydrogen (secondary N) is 1. The maximum atomic E-state index is 16.7. The van der Waals surface area contributed by atoms with Crippen molar-refractivity contribution < 1.29 is 49.0 Å². The summed E-state index contributed by atoms with van der Waals surface area (Å²) in [6.07, 6.45) is -12.1. The number of hydrogen-bond acceptors (Lipinski definition) is 10. The topological polar surface area (TPSA) is 115 Å². The molecular formula is C29H27F9N8O2. The third-order valence-corrected chi connectivity index (χ3v) is 10.3. The molecule has 2 bridgehead atoms. The first kappa shape index (κ1) is 31.4. The van der Waals surface area contributed by atoms with Crippen molar-refractivity contribution in [2.45, 2.75) is 74.7 Å². The van der Waals surface area contributed by atoms with Gasteiger partial charge in [0.1, 0.15) is 34.8 Å². The van der Waals surface area contributed by atoms with Crippen LogP contribution < -0.4 is 25.4 Å². The molecule has 10 nitrogen and oxygen atoms in total. The Bertz CT molecular complexity index is 1860. The average Bonchev–Trinajstić information content (AvgIpc) is 3.40. The molecule has 3 N–H and O–H groups in total. The zero-order chi connectivity index (χ0) is 34.3. The minimum absolute atomic E-state index is 0.00945. The summed E-state index contributed by atoms with van der Waals surface area (Å²) in [4.78, 5) is 19.0. The summed E-state index contributed by atoms with van der Waals surface area (Å²) in [5, 5.41) is 2.75. The van der Waals surface area contributed by atoms with Gasteiger partial charge in [-0.15, -0.1) is 0 Å². The number of aromatic nitrogens is 4. The lowest BCUT2D eigenvalue weighted by atomic mass is 9.85. The Morgan fingerprint density at radius 1 is 1.10 bits per heavy atom. The van der Waals surface area contributed by atoms with Crippen LogP contribution in [0.5, 0.6) is 11.9 Å². The molecule has 6 atom stereocenters. The van der Waals surface area contributed by atoms with Gasteiger partial charge in [0, 0.05) is 37.2 Å². The van der Waals surface area contributed by atoms with Crippen molar-refractivity contribution in [3.05, 3.63) is 23.1 Å². The van der Waals surface area contributed by atoms with Crippen LogP contribution in [0.4, 0.5) is 51.1 Å². The highest BCUT2D eigenvalue weighted by atomic mass is 19.4. The molecule has 3 saturated heterocycles. The SMILES string of the molecule is Cc1nc(N)cc(-c2nc3c4c(nc(OC[C@@H]5N(C)C[C@]56CC6(F)F)nc4c2F)N2C[C@H]4CC[C@H](N4)[C@H]2C(C(F)(F)F)O3)c1C(F)(F)F. The summed E-state index contributed by atoms with van der Waals surface area (Å²) in [5.74, 6) is -5.85. The van der Waals surface area contributed by atoms with Crippen molar-refractivity contribution in [3.63, 3.8) is 0 Å². The Morgan fingerprint density at radius 3 is 2.48 bits per heavy atom. The number of piperazine rings is 1. The maximum Gasteiger partial charge on any atom is 0.427 e. The molecule has 0 aromatic carbocycles. The number of likely N-dealkylation sites (N-methyl/N-ethyl adjacent to an activating group) is 1. The van der Waals surface area contributed by atoms with Gasteiger partial charge in [0.25, 0.3) is 5.92 Å². The van der Waals surface area contributed by atoms with Gasteiger partial charge in [-0.2, -0.15) is 36.3 Å². The first-order valence-corrected chi connectivity index (χ1v) is 15.1. The summed E-state index contributed by atoms with van der Waals surface area (Å²) in [7, 11) is 1.61. The summed E-state index contributed by atoms with van der Waals surface area (Å²) < 4.78 is 144. The summed E-state index contributed by atoms with van der Waals surface area (Å²) in [5.41, 5.74) is -0.267. The fraction of sp³-hybridized carbons (Fsp3) is 0.586. The van der Waals surface area contributed by atoms with Crippen molar-refractivity contribution in [1.82, 2.24) is 30.2 Å². The second kappa shape index (κ2) is 9.86. The number of nitrogens with zero attached hydrogens (tertiary/aromatic N) is 6. The van der Waals surface area contributed by atoms with E-state index >= 15 is 4.39 Å². The van der Waals surface area contributed by atoms with Crippen LogP contribution in [-0.4, -0.2) is 94.0 Å². The van der Waals surface area contributed by atoms with Crippen LogP contribution in [0.3, 0.4) is 0 Å². The molecular weight excluding hydrogens is 663 g/mol. The van der Waals surface area contributed by atoms with Gasteiger partial charge in [0.05, 0.1) is 28.8 Å². The van der Waals surface area contributed by atoms with Gasteiger partial charge in [-0.3, -0.25) is 4.90 Å². The Hall–Kier alpha value is -3.87. The molecule has 4 aliphatic heterocycles. The van der Waals surface area contributed by atoms with Crippen LogP contribution >= 0.6 is 0 Å². The van der Waals surface area contributed by atoms with E-state index in [9.17, 15) is 35.1 Å². The first-order valence-electron chi connectivity index (χ1n) is 15.1. The highest BCUT2D eigenvalue weighted by Crippen LogP contribution is 2.68.